The van der Waals surface area contributed by atoms with E-state index < -0.39 is 0 Å². The van der Waals surface area contributed by atoms with Crippen LogP contribution >= 0.6 is 11.8 Å². The van der Waals surface area contributed by atoms with Gasteiger partial charge in [0.15, 0.2) is 0 Å². The molecule has 6 heteroatoms. The molecule has 1 aromatic rings. The monoisotopic (exact) mass is 145 g/mol. The Hall–Kier alpha value is -0.910. The molecule has 0 aliphatic rings. The quantitative estimate of drug-likeness (QED) is 0.403. The van der Waals surface area contributed by atoms with Gasteiger partial charge < -0.3 is 11.6 Å². The molecule has 1 heterocycles. The molecule has 4 N–H and O–H groups in total. The molecule has 0 aliphatic heterocycles. The van der Waals surface area contributed by atoms with Crippen LogP contribution < -0.4 is 11.6 Å². The molecule has 0 bridgehead atoms. The van der Waals surface area contributed by atoms with Gasteiger partial charge in [-0.3, -0.25) is 0 Å². The number of anilines is 1. The van der Waals surface area contributed by atoms with Gasteiger partial charge in [-0.05, 0) is 6.26 Å². The standard InChI is InChI=1S/C3H7N5S/c1-9-3-7-6-2(4)8(3)5/h5H2,1H3,(H2,4,6). The lowest BCUT2D eigenvalue weighted by atomic mass is 11.1. The first-order valence-corrected chi connectivity index (χ1v) is 3.48. The molecule has 0 aromatic carbocycles. The first kappa shape index (κ1) is 6.21. The summed E-state index contributed by atoms with van der Waals surface area (Å²) in [5.41, 5.74) is 5.27. The molecule has 0 atom stereocenters. The number of thioether (sulfide) groups is 1. The first-order chi connectivity index (χ1) is 4.25. The van der Waals surface area contributed by atoms with Crippen LogP contribution in [0, 0.1) is 0 Å². The predicted octanol–water partition coefficient (Wildman–Crippen LogP) is -0.704. The molecule has 50 valence electrons. The Labute approximate surface area is 56.4 Å². The molecule has 0 amide bonds. The highest BCUT2D eigenvalue weighted by molar-refractivity contribution is 7.98. The summed E-state index contributed by atoms with van der Waals surface area (Å²) in [4.78, 5) is 0. The molecule has 0 unspecified atom stereocenters. The molecule has 0 radical (unpaired) electrons. The molecule has 0 saturated heterocycles. The summed E-state index contributed by atoms with van der Waals surface area (Å²) in [6.07, 6.45) is 1.85. The van der Waals surface area contributed by atoms with Gasteiger partial charge in [0.1, 0.15) is 0 Å². The minimum atomic E-state index is 0.236. The van der Waals surface area contributed by atoms with Crippen molar-refractivity contribution in [1.82, 2.24) is 14.9 Å². The zero-order valence-electron chi connectivity index (χ0n) is 4.90. The molecule has 5 nitrogen and oxygen atoms in total. The largest absolute Gasteiger partial charge is 0.366 e. The number of nitrogens with two attached hydrogens (primary N) is 2. The van der Waals surface area contributed by atoms with E-state index in [1.807, 2.05) is 6.26 Å². The second-order valence-corrected chi connectivity index (χ2v) is 2.19. The van der Waals surface area contributed by atoms with Crippen molar-refractivity contribution < 1.29 is 0 Å². The fraction of sp³-hybridized carbons (Fsp3) is 0.333. The van der Waals surface area contributed by atoms with E-state index in [4.69, 9.17) is 11.6 Å². The highest BCUT2D eigenvalue weighted by Crippen LogP contribution is 2.09. The van der Waals surface area contributed by atoms with Crippen LogP contribution in [-0.4, -0.2) is 21.1 Å². The van der Waals surface area contributed by atoms with Gasteiger partial charge in [-0.1, -0.05) is 11.8 Å². The summed E-state index contributed by atoms with van der Waals surface area (Å²) in [7, 11) is 0. The van der Waals surface area contributed by atoms with E-state index in [2.05, 4.69) is 10.2 Å². The summed E-state index contributed by atoms with van der Waals surface area (Å²) < 4.78 is 1.24. The van der Waals surface area contributed by atoms with Gasteiger partial charge in [0.2, 0.25) is 11.1 Å². The summed E-state index contributed by atoms with van der Waals surface area (Å²) in [6.45, 7) is 0. The van der Waals surface area contributed by atoms with Crippen molar-refractivity contribution in [3.05, 3.63) is 0 Å². The van der Waals surface area contributed by atoms with E-state index in [1.54, 1.807) is 0 Å². The number of hydrogen-bond acceptors (Lipinski definition) is 5. The lowest BCUT2D eigenvalue weighted by molar-refractivity contribution is 0.853. The molecule has 0 fully saturated rings. The van der Waals surface area contributed by atoms with E-state index in [-0.39, 0.29) is 5.95 Å². The smallest absolute Gasteiger partial charge is 0.241 e. The number of nitrogens with zero attached hydrogens (tertiary/aromatic N) is 3. The third-order valence-corrected chi connectivity index (χ3v) is 1.52. The van der Waals surface area contributed by atoms with Crippen molar-refractivity contribution >= 4 is 17.7 Å². The molecule has 0 saturated carbocycles. The minimum absolute atomic E-state index is 0.236. The Morgan fingerprint density at radius 2 is 2.22 bits per heavy atom. The predicted molar refractivity (Wildman–Crippen MR) is 36.4 cm³/mol. The maximum absolute atomic E-state index is 5.36. The molecule has 9 heavy (non-hydrogen) atoms. The Balaban J connectivity index is 3.04. The molecule has 1 rings (SSSR count). The Morgan fingerprint density at radius 3 is 2.44 bits per heavy atom. The van der Waals surface area contributed by atoms with E-state index >= 15 is 0 Å². The Morgan fingerprint density at radius 1 is 1.56 bits per heavy atom. The lowest BCUT2D eigenvalue weighted by Gasteiger charge is -1.93. The van der Waals surface area contributed by atoms with Crippen LogP contribution in [0.2, 0.25) is 0 Å². The van der Waals surface area contributed by atoms with E-state index in [1.165, 1.54) is 16.4 Å². The summed E-state index contributed by atoms with van der Waals surface area (Å²) in [5, 5.41) is 7.81. The number of nitrogen functional groups attached to an aromatic ring is 2. The second kappa shape index (κ2) is 2.14. The first-order valence-electron chi connectivity index (χ1n) is 2.25. The van der Waals surface area contributed by atoms with E-state index in [0.717, 1.165) is 0 Å². The topological polar surface area (TPSA) is 82.8 Å². The van der Waals surface area contributed by atoms with Gasteiger partial charge >= 0.3 is 0 Å². The van der Waals surface area contributed by atoms with E-state index in [0.29, 0.717) is 5.16 Å². The van der Waals surface area contributed by atoms with E-state index in [9.17, 15) is 0 Å². The third kappa shape index (κ3) is 0.925. The summed E-state index contributed by atoms with van der Waals surface area (Å²) in [5.74, 6) is 5.59. The molecular weight excluding hydrogens is 138 g/mol. The molecule has 0 spiro atoms. The lowest BCUT2D eigenvalue weighted by Crippen LogP contribution is -2.12. The van der Waals surface area contributed by atoms with Crippen molar-refractivity contribution in [2.75, 3.05) is 17.8 Å². The fourth-order valence-corrected chi connectivity index (χ4v) is 0.840. The number of aromatic nitrogens is 3. The van der Waals surface area contributed by atoms with Crippen LogP contribution in [0.4, 0.5) is 5.95 Å². The van der Waals surface area contributed by atoms with Gasteiger partial charge in [-0.25, -0.2) is 4.68 Å². The Bertz CT molecular complexity index is 206. The van der Waals surface area contributed by atoms with Crippen LogP contribution in [0.3, 0.4) is 0 Å². The SMILES string of the molecule is CSc1nnc(N)n1N. The number of hydrogen-bond donors (Lipinski definition) is 2. The fourth-order valence-electron chi connectivity index (χ4n) is 0.428. The summed E-state index contributed by atoms with van der Waals surface area (Å²) in [6, 6.07) is 0. The molecule has 0 aliphatic carbocycles. The zero-order valence-corrected chi connectivity index (χ0v) is 5.72. The second-order valence-electron chi connectivity index (χ2n) is 1.41. The number of rotatable bonds is 1. The molecular formula is C3H7N5S. The van der Waals surface area contributed by atoms with Gasteiger partial charge in [-0.15, -0.1) is 10.2 Å². The van der Waals surface area contributed by atoms with Crippen LogP contribution in [0.1, 0.15) is 0 Å². The van der Waals surface area contributed by atoms with Crippen molar-refractivity contribution in [3.8, 4) is 0 Å². The van der Waals surface area contributed by atoms with Crippen molar-refractivity contribution in [1.29, 1.82) is 0 Å². The van der Waals surface area contributed by atoms with Crippen LogP contribution in [0.25, 0.3) is 0 Å². The van der Waals surface area contributed by atoms with Gasteiger partial charge in [0.05, 0.1) is 0 Å². The van der Waals surface area contributed by atoms with Gasteiger partial charge in [0, 0.05) is 0 Å². The minimum Gasteiger partial charge on any atom is -0.366 e. The normalized spacial score (nSPS) is 9.89. The van der Waals surface area contributed by atoms with Crippen LogP contribution in [0.5, 0.6) is 0 Å². The van der Waals surface area contributed by atoms with Gasteiger partial charge in [0.25, 0.3) is 0 Å². The average molecular weight is 145 g/mol. The Kier molecular flexibility index (Phi) is 1.48. The maximum Gasteiger partial charge on any atom is 0.241 e. The molecule has 1 aromatic heterocycles. The van der Waals surface area contributed by atoms with Crippen molar-refractivity contribution in [2.45, 2.75) is 5.16 Å². The van der Waals surface area contributed by atoms with Crippen LogP contribution in [0.15, 0.2) is 5.16 Å². The zero-order chi connectivity index (χ0) is 6.85. The van der Waals surface area contributed by atoms with Crippen LogP contribution in [-0.2, 0) is 0 Å². The maximum atomic E-state index is 5.36. The average Bonchev–Trinajstić information content (AvgIpc) is 2.15. The van der Waals surface area contributed by atoms with Crippen molar-refractivity contribution in [3.63, 3.8) is 0 Å². The summed E-state index contributed by atoms with van der Waals surface area (Å²) >= 11 is 1.40. The van der Waals surface area contributed by atoms with Crippen molar-refractivity contribution in [2.24, 2.45) is 0 Å². The highest BCUT2D eigenvalue weighted by atomic mass is 32.2. The third-order valence-electron chi connectivity index (χ3n) is 0.873. The van der Waals surface area contributed by atoms with Gasteiger partial charge in [-0.2, -0.15) is 0 Å². The highest BCUT2D eigenvalue weighted by Gasteiger charge is 2.02.